The van der Waals surface area contributed by atoms with Crippen molar-refractivity contribution in [3.63, 3.8) is 0 Å². The van der Waals surface area contributed by atoms with E-state index in [1.54, 1.807) is 30.3 Å². The van der Waals surface area contributed by atoms with Crippen molar-refractivity contribution in [2.24, 2.45) is 28.7 Å². The van der Waals surface area contributed by atoms with E-state index < -0.39 is 182 Å². The van der Waals surface area contributed by atoms with E-state index in [4.69, 9.17) is 28.7 Å². The minimum atomic E-state index is -1.87. The molecule has 0 spiro atoms. The van der Waals surface area contributed by atoms with E-state index in [1.165, 1.54) is 24.3 Å². The van der Waals surface area contributed by atoms with E-state index in [-0.39, 0.29) is 56.7 Å². The van der Waals surface area contributed by atoms with Crippen LogP contribution in [-0.2, 0) is 80.0 Å². The molecule has 33 heteroatoms. The number of nitrogens with zero attached hydrogens (tertiary/aromatic N) is 1. The first-order chi connectivity index (χ1) is 40.5. The summed E-state index contributed by atoms with van der Waals surface area (Å²) >= 11 is 0. The van der Waals surface area contributed by atoms with Gasteiger partial charge in [0.15, 0.2) is 0 Å². The number of carbonyl (C=O) groups excluding carboxylic acids is 14. The number of likely N-dealkylation sites (tertiary alicyclic amines) is 1. The molecule has 464 valence electrons. The van der Waals surface area contributed by atoms with Crippen molar-refractivity contribution in [3.8, 4) is 5.75 Å². The molecule has 0 bridgehead atoms. The molecule has 2 aromatic rings. The second kappa shape index (κ2) is 35.5. The molecule has 31 nitrogen and oxygen atoms in total. The second-order valence-corrected chi connectivity index (χ2v) is 22.3. The number of hydrogen-bond donors (Lipinski definition) is 16. The van der Waals surface area contributed by atoms with Gasteiger partial charge in [0.1, 0.15) is 54.1 Å². The van der Waals surface area contributed by atoms with E-state index in [0.717, 1.165) is 26.5 Å². The first kappa shape index (κ1) is 68.9. The zero-order valence-electron chi connectivity index (χ0n) is 46.4. The van der Waals surface area contributed by atoms with Gasteiger partial charge in [0.05, 0.1) is 32.6 Å². The highest BCUT2D eigenvalue weighted by molar-refractivity contribution is 8.76. The molecule has 2 saturated heterocycles. The number of unbranched alkanes of at least 4 members (excludes halogenated alkanes) is 1. The van der Waals surface area contributed by atoms with Gasteiger partial charge in [0, 0.05) is 37.3 Å². The number of hydrogen-bond acceptors (Lipinski definition) is 19. The number of primary amides is 3. The molecule has 2 fully saturated rings. The van der Waals surface area contributed by atoms with Crippen LogP contribution in [0.15, 0.2) is 54.6 Å². The number of carbonyl (C=O) groups is 14. The van der Waals surface area contributed by atoms with E-state index in [0.29, 0.717) is 24.0 Å². The summed E-state index contributed by atoms with van der Waals surface area (Å²) < 4.78 is 0. The molecule has 14 amide bonds. The number of amides is 14. The van der Waals surface area contributed by atoms with Gasteiger partial charge in [-0.1, -0.05) is 64.1 Å². The number of benzene rings is 2. The second-order valence-electron chi connectivity index (χ2n) is 19.7. The Labute approximate surface area is 496 Å². The highest BCUT2D eigenvalue weighted by Gasteiger charge is 2.41. The molecule has 0 saturated carbocycles. The van der Waals surface area contributed by atoms with Crippen LogP contribution in [0.3, 0.4) is 0 Å². The number of nitrogens with one attached hydrogen (secondary N) is 10. The molecule has 2 aromatic carbocycles. The van der Waals surface area contributed by atoms with Crippen molar-refractivity contribution < 1.29 is 72.2 Å². The molecular weight excluding hydrogens is 1150 g/mol. The molecule has 0 aliphatic carbocycles. The van der Waals surface area contributed by atoms with Crippen molar-refractivity contribution in [2.45, 2.75) is 113 Å². The molecule has 8 atom stereocenters. The molecule has 0 radical (unpaired) electrons. The molecular formula is C52H74N16O15S2. The maximum atomic E-state index is 14.8. The molecule has 0 unspecified atom stereocenters. The summed E-state index contributed by atoms with van der Waals surface area (Å²) in [5.41, 5.74) is 28.1. The lowest BCUT2D eigenvalue weighted by Gasteiger charge is -2.31. The van der Waals surface area contributed by atoms with Crippen molar-refractivity contribution in [2.75, 3.05) is 50.8 Å². The van der Waals surface area contributed by atoms with Crippen molar-refractivity contribution >= 4 is 104 Å². The summed E-state index contributed by atoms with van der Waals surface area (Å²) in [6, 6.07) is 1.48. The average molecular weight is 1230 g/mol. The first-order valence-electron chi connectivity index (χ1n) is 27.0. The Morgan fingerprint density at radius 1 is 0.624 bits per heavy atom. The Hall–Kier alpha value is -8.56. The van der Waals surface area contributed by atoms with Crippen molar-refractivity contribution in [1.82, 2.24) is 58.1 Å². The maximum Gasteiger partial charge on any atom is 0.246 e. The molecule has 21 N–H and O–H groups in total. The summed E-state index contributed by atoms with van der Waals surface area (Å²) in [6.07, 6.45) is -1.13. The van der Waals surface area contributed by atoms with Crippen LogP contribution in [0.25, 0.3) is 0 Å². The molecule has 4 rings (SSSR count). The zero-order chi connectivity index (χ0) is 62.6. The van der Waals surface area contributed by atoms with Crippen LogP contribution >= 0.6 is 21.6 Å². The fraction of sp³-hybridized carbons (Fsp3) is 0.500. The lowest BCUT2D eigenvalue weighted by molar-refractivity contribution is -0.142. The third-order valence-electron chi connectivity index (χ3n) is 13.0. The Kier molecular flexibility index (Phi) is 28.8. The number of rotatable bonds is 25. The van der Waals surface area contributed by atoms with E-state index in [1.807, 2.05) is 0 Å². The quantitative estimate of drug-likeness (QED) is 0.0324. The summed E-state index contributed by atoms with van der Waals surface area (Å²) in [7, 11) is 1.73. The maximum absolute atomic E-state index is 14.8. The highest BCUT2D eigenvalue weighted by Crippen LogP contribution is 2.26. The third kappa shape index (κ3) is 24.3. The van der Waals surface area contributed by atoms with Crippen LogP contribution in [0.2, 0.25) is 0 Å². The van der Waals surface area contributed by atoms with Crippen molar-refractivity contribution in [3.05, 3.63) is 65.7 Å². The standard InChI is InChI=1S/C52H74N16O15S2/c53-17-5-4-9-31(45(76)60-23-41(57)72)63-51(82)38-10-6-18-68(38)52(83)37-27-85-84-26-36(61-44(75)25-59-43(74)24-58-42(73)22-54)50(81)65-34(20-29-11-13-30(69)14-12-29)48(79)64-33(19-28-7-2-1-3-8-28)47(78)62-32(15-16-39(55)70)46(77)66-35(21-40(56)71)49(80)67-37/h1-3,7-8,11-14,31-38,69H,4-6,9-10,15-27,53-54H2,(H2,55,70)(H2,56,71)(H2,57,72)(H,58,73)(H,59,74)(H,60,76)(H,61,75)(H,62,78)(H,63,82)(H,64,79)(H,65,81)(H,66,77)(H,67,80)/t31-,32-,33+,34-,35-,36-,37-,38+/m0/s1. The van der Waals surface area contributed by atoms with Crippen LogP contribution in [-0.4, -0.2) is 192 Å². The predicted octanol–water partition coefficient (Wildman–Crippen LogP) is -6.98. The minimum Gasteiger partial charge on any atom is -0.508 e. The van der Waals surface area contributed by atoms with Gasteiger partial charge in [0.2, 0.25) is 82.7 Å². The number of nitrogens with two attached hydrogens (primary N) is 5. The van der Waals surface area contributed by atoms with Crippen LogP contribution in [0.1, 0.15) is 62.5 Å². The van der Waals surface area contributed by atoms with Gasteiger partial charge in [-0.25, -0.2) is 0 Å². The lowest BCUT2D eigenvalue weighted by atomic mass is 10.0. The predicted molar refractivity (Wildman–Crippen MR) is 308 cm³/mol. The van der Waals surface area contributed by atoms with Crippen LogP contribution < -0.4 is 81.8 Å². The van der Waals surface area contributed by atoms with Gasteiger partial charge in [-0.05, 0) is 68.3 Å². The average Bonchev–Trinajstić information content (AvgIpc) is 4.23. The SMILES string of the molecule is NCCCC[C@H](NC(=O)[C@H]1CCCN1C(=O)[C@@H]1CSSC[C@H](NC(=O)CNC(=O)CNC(=O)CN)C(=O)N[C@@H](Cc2ccc(O)cc2)C(=O)N[C@H](Cc2ccccc2)C(=O)N[C@@H](CCC(N)=O)C(=O)N[C@@H](CC(N)=O)C(=O)N1)C(=O)NCC(N)=O. The summed E-state index contributed by atoms with van der Waals surface area (Å²) in [6.45, 7) is -2.01. The van der Waals surface area contributed by atoms with E-state index in [2.05, 4.69) is 53.2 Å². The van der Waals surface area contributed by atoms with Gasteiger partial charge in [-0.3, -0.25) is 67.1 Å². The van der Waals surface area contributed by atoms with Crippen LogP contribution in [0.4, 0.5) is 0 Å². The van der Waals surface area contributed by atoms with Gasteiger partial charge >= 0.3 is 0 Å². The first-order valence-corrected chi connectivity index (χ1v) is 29.5. The van der Waals surface area contributed by atoms with E-state index >= 15 is 0 Å². The Morgan fingerprint density at radius 3 is 1.82 bits per heavy atom. The van der Waals surface area contributed by atoms with Crippen LogP contribution in [0, 0.1) is 0 Å². The van der Waals surface area contributed by atoms with Gasteiger partial charge < -0.3 is 91.8 Å². The smallest absolute Gasteiger partial charge is 0.246 e. The fourth-order valence-electron chi connectivity index (χ4n) is 8.62. The minimum absolute atomic E-state index is 0.0517. The van der Waals surface area contributed by atoms with Gasteiger partial charge in [0.25, 0.3) is 0 Å². The monoisotopic (exact) mass is 1230 g/mol. The normalized spacial score (nSPS) is 21.2. The zero-order valence-corrected chi connectivity index (χ0v) is 48.0. The Morgan fingerprint density at radius 2 is 1.20 bits per heavy atom. The number of phenolic OH excluding ortho intramolecular Hbond substituents is 1. The molecule has 2 aliphatic heterocycles. The van der Waals surface area contributed by atoms with Gasteiger partial charge in [-0.2, -0.15) is 0 Å². The molecule has 0 aromatic heterocycles. The van der Waals surface area contributed by atoms with Gasteiger partial charge in [-0.15, -0.1) is 0 Å². The third-order valence-corrected chi connectivity index (χ3v) is 15.4. The molecule has 2 aliphatic rings. The number of phenols is 1. The topological polar surface area (TPSA) is 513 Å². The van der Waals surface area contributed by atoms with Crippen molar-refractivity contribution in [1.29, 1.82) is 0 Å². The summed E-state index contributed by atoms with van der Waals surface area (Å²) in [5, 5.41) is 34.8. The molecule has 2 heterocycles. The lowest BCUT2D eigenvalue weighted by Crippen LogP contribution is -2.61. The highest BCUT2D eigenvalue weighted by atomic mass is 33.1. The molecule has 85 heavy (non-hydrogen) atoms. The Balaban J connectivity index is 1.81. The summed E-state index contributed by atoms with van der Waals surface area (Å²) in [4.78, 5) is 190. The van der Waals surface area contributed by atoms with E-state index in [9.17, 15) is 72.2 Å². The van der Waals surface area contributed by atoms with Crippen LogP contribution in [0.5, 0.6) is 5.75 Å². The summed E-state index contributed by atoms with van der Waals surface area (Å²) in [5.74, 6) is -13.8. The fourth-order valence-corrected chi connectivity index (χ4v) is 10.9. The largest absolute Gasteiger partial charge is 0.508 e. The number of aromatic hydroxyl groups is 1. The Bertz CT molecular complexity index is 2730.